The summed E-state index contributed by atoms with van der Waals surface area (Å²) in [7, 11) is 0. The van der Waals surface area contributed by atoms with Crippen LogP contribution in [0.1, 0.15) is 12.8 Å². The van der Waals surface area contributed by atoms with Crippen molar-refractivity contribution in [3.05, 3.63) is 30.9 Å². The van der Waals surface area contributed by atoms with Gasteiger partial charge in [0.05, 0.1) is 5.92 Å². The molecule has 2 aliphatic heterocycles. The number of carbonyl (C=O) groups is 2. The van der Waals surface area contributed by atoms with Crippen LogP contribution in [-0.2, 0) is 9.59 Å². The lowest BCUT2D eigenvalue weighted by Gasteiger charge is -2.38. The average Bonchev–Trinajstić information content (AvgIpc) is 3.28. The van der Waals surface area contributed by atoms with E-state index in [1.807, 2.05) is 23.2 Å². The standard InChI is InChI=1S/C18H23N7O2/c26-14-22-7-9-23(10-8-22)18(27)15-3-1-5-24(12-15)16-11-17(20-13-19-16)25-6-2-4-21-25/h2,4,6,11,13-15H,1,3,5,7-10,12H2. The number of amides is 2. The number of nitrogens with zero attached hydrogens (tertiary/aromatic N) is 7. The van der Waals surface area contributed by atoms with Gasteiger partial charge in [0.2, 0.25) is 12.3 Å². The second kappa shape index (κ2) is 7.73. The molecule has 2 aromatic rings. The van der Waals surface area contributed by atoms with Gasteiger partial charge >= 0.3 is 0 Å². The first-order chi connectivity index (χ1) is 13.2. The van der Waals surface area contributed by atoms with E-state index < -0.39 is 0 Å². The molecule has 0 bridgehead atoms. The Hall–Kier alpha value is -2.97. The Labute approximate surface area is 157 Å². The fourth-order valence-corrected chi connectivity index (χ4v) is 3.73. The maximum absolute atomic E-state index is 12.9. The fourth-order valence-electron chi connectivity index (χ4n) is 3.73. The molecule has 0 saturated carbocycles. The second-order valence-electron chi connectivity index (χ2n) is 6.94. The van der Waals surface area contributed by atoms with Gasteiger partial charge in [0.1, 0.15) is 12.1 Å². The predicted molar refractivity (Wildman–Crippen MR) is 98.3 cm³/mol. The molecule has 0 radical (unpaired) electrons. The SMILES string of the molecule is O=CN1CCN(C(=O)C2CCCN(c3cc(-n4cccn4)ncn3)C2)CC1. The first-order valence-electron chi connectivity index (χ1n) is 9.30. The Morgan fingerprint density at radius 3 is 2.67 bits per heavy atom. The lowest BCUT2D eigenvalue weighted by atomic mass is 9.96. The summed E-state index contributed by atoms with van der Waals surface area (Å²) in [5.74, 6) is 1.68. The van der Waals surface area contributed by atoms with Crippen molar-refractivity contribution in [1.82, 2.24) is 29.5 Å². The van der Waals surface area contributed by atoms with Crippen molar-refractivity contribution >= 4 is 18.1 Å². The topological polar surface area (TPSA) is 87.5 Å². The van der Waals surface area contributed by atoms with Gasteiger partial charge in [-0.25, -0.2) is 14.6 Å². The van der Waals surface area contributed by atoms with Gasteiger partial charge in [0.15, 0.2) is 5.82 Å². The maximum Gasteiger partial charge on any atom is 0.227 e. The predicted octanol–water partition coefficient (Wildman–Crippen LogP) is 0.179. The first kappa shape index (κ1) is 17.4. The van der Waals surface area contributed by atoms with E-state index >= 15 is 0 Å². The Kier molecular flexibility index (Phi) is 4.99. The number of aromatic nitrogens is 4. The van der Waals surface area contributed by atoms with Gasteiger partial charge in [-0.1, -0.05) is 0 Å². The highest BCUT2D eigenvalue weighted by Gasteiger charge is 2.31. The molecular weight excluding hydrogens is 346 g/mol. The number of hydrogen-bond donors (Lipinski definition) is 0. The highest BCUT2D eigenvalue weighted by Crippen LogP contribution is 2.24. The molecule has 0 aromatic carbocycles. The third-order valence-corrected chi connectivity index (χ3v) is 5.25. The number of hydrogen-bond acceptors (Lipinski definition) is 6. The molecular formula is C18H23N7O2. The normalized spacial score (nSPS) is 20.6. The summed E-state index contributed by atoms with van der Waals surface area (Å²) >= 11 is 0. The van der Waals surface area contributed by atoms with Crippen LogP contribution in [0.5, 0.6) is 0 Å². The molecule has 2 aromatic heterocycles. The molecule has 1 unspecified atom stereocenters. The van der Waals surface area contributed by atoms with Gasteiger partial charge in [0.25, 0.3) is 0 Å². The number of rotatable bonds is 4. The molecule has 0 N–H and O–H groups in total. The molecule has 9 heteroatoms. The van der Waals surface area contributed by atoms with E-state index in [0.29, 0.717) is 38.5 Å². The average molecular weight is 369 g/mol. The van der Waals surface area contributed by atoms with Crippen molar-refractivity contribution < 1.29 is 9.59 Å². The maximum atomic E-state index is 12.9. The zero-order valence-electron chi connectivity index (χ0n) is 15.1. The summed E-state index contributed by atoms with van der Waals surface area (Å²) in [4.78, 5) is 38.2. The van der Waals surface area contributed by atoms with E-state index in [-0.39, 0.29) is 11.8 Å². The van der Waals surface area contributed by atoms with Gasteiger partial charge in [-0.15, -0.1) is 0 Å². The van der Waals surface area contributed by atoms with Crippen molar-refractivity contribution in [2.75, 3.05) is 44.2 Å². The molecule has 4 rings (SSSR count). The second-order valence-corrected chi connectivity index (χ2v) is 6.94. The Morgan fingerprint density at radius 2 is 1.93 bits per heavy atom. The monoisotopic (exact) mass is 369 g/mol. The van der Waals surface area contributed by atoms with Crippen LogP contribution in [0.2, 0.25) is 0 Å². The van der Waals surface area contributed by atoms with Crippen molar-refractivity contribution in [3.63, 3.8) is 0 Å². The van der Waals surface area contributed by atoms with E-state index in [0.717, 1.165) is 31.6 Å². The first-order valence-corrected chi connectivity index (χ1v) is 9.30. The number of anilines is 1. The largest absolute Gasteiger partial charge is 0.356 e. The highest BCUT2D eigenvalue weighted by molar-refractivity contribution is 5.80. The number of piperidine rings is 1. The molecule has 2 fully saturated rings. The van der Waals surface area contributed by atoms with E-state index in [9.17, 15) is 9.59 Å². The molecule has 1 atom stereocenters. The van der Waals surface area contributed by atoms with Crippen LogP contribution in [0, 0.1) is 5.92 Å². The lowest BCUT2D eigenvalue weighted by molar-refractivity contribution is -0.139. The molecule has 2 amide bonds. The summed E-state index contributed by atoms with van der Waals surface area (Å²) in [6, 6.07) is 3.75. The third-order valence-electron chi connectivity index (χ3n) is 5.25. The highest BCUT2D eigenvalue weighted by atomic mass is 16.2. The van der Waals surface area contributed by atoms with Crippen molar-refractivity contribution in [2.24, 2.45) is 5.92 Å². The summed E-state index contributed by atoms with van der Waals surface area (Å²) in [6.45, 7) is 3.99. The van der Waals surface area contributed by atoms with Crippen LogP contribution in [0.3, 0.4) is 0 Å². The van der Waals surface area contributed by atoms with Crippen LogP contribution < -0.4 is 4.90 Å². The number of carbonyl (C=O) groups excluding carboxylic acids is 2. The van der Waals surface area contributed by atoms with E-state index in [1.54, 1.807) is 15.8 Å². The summed E-state index contributed by atoms with van der Waals surface area (Å²) in [6.07, 6.45) is 7.79. The van der Waals surface area contributed by atoms with Crippen LogP contribution >= 0.6 is 0 Å². The summed E-state index contributed by atoms with van der Waals surface area (Å²) in [5.41, 5.74) is 0. The molecule has 0 aliphatic carbocycles. The van der Waals surface area contributed by atoms with Crippen molar-refractivity contribution in [2.45, 2.75) is 12.8 Å². The van der Waals surface area contributed by atoms with Crippen LogP contribution in [0.4, 0.5) is 5.82 Å². The van der Waals surface area contributed by atoms with Crippen LogP contribution in [0.15, 0.2) is 30.9 Å². The molecule has 4 heterocycles. The van der Waals surface area contributed by atoms with Crippen LogP contribution in [-0.4, -0.2) is 81.1 Å². The minimum absolute atomic E-state index is 0.0374. The van der Waals surface area contributed by atoms with E-state index in [4.69, 9.17) is 0 Å². The minimum Gasteiger partial charge on any atom is -0.356 e. The molecule has 2 saturated heterocycles. The summed E-state index contributed by atoms with van der Waals surface area (Å²) in [5, 5.41) is 4.21. The smallest absolute Gasteiger partial charge is 0.227 e. The molecule has 142 valence electrons. The van der Waals surface area contributed by atoms with Gasteiger partial charge in [-0.05, 0) is 18.9 Å². The van der Waals surface area contributed by atoms with Gasteiger partial charge in [-0.2, -0.15) is 5.10 Å². The zero-order valence-corrected chi connectivity index (χ0v) is 15.1. The molecule has 27 heavy (non-hydrogen) atoms. The Balaban J connectivity index is 1.43. The minimum atomic E-state index is -0.0374. The zero-order chi connectivity index (χ0) is 18.6. The van der Waals surface area contributed by atoms with Gasteiger partial charge in [-0.3, -0.25) is 9.59 Å². The molecule has 9 nitrogen and oxygen atoms in total. The Morgan fingerprint density at radius 1 is 1.11 bits per heavy atom. The lowest BCUT2D eigenvalue weighted by Crippen LogP contribution is -2.52. The van der Waals surface area contributed by atoms with Gasteiger partial charge < -0.3 is 14.7 Å². The third kappa shape index (κ3) is 3.76. The molecule has 0 spiro atoms. The fraction of sp³-hybridized carbons (Fsp3) is 0.500. The van der Waals surface area contributed by atoms with E-state index in [1.165, 1.54) is 6.33 Å². The van der Waals surface area contributed by atoms with E-state index in [2.05, 4.69) is 20.0 Å². The summed E-state index contributed by atoms with van der Waals surface area (Å²) < 4.78 is 1.70. The van der Waals surface area contributed by atoms with Crippen molar-refractivity contribution in [3.8, 4) is 5.82 Å². The van der Waals surface area contributed by atoms with Crippen LogP contribution in [0.25, 0.3) is 5.82 Å². The Bertz CT molecular complexity index is 787. The number of piperazine rings is 1. The molecule has 2 aliphatic rings. The van der Waals surface area contributed by atoms with Crippen molar-refractivity contribution in [1.29, 1.82) is 0 Å². The van der Waals surface area contributed by atoms with Gasteiger partial charge in [0, 0.05) is 57.7 Å². The quantitative estimate of drug-likeness (QED) is 0.715.